The van der Waals surface area contributed by atoms with Crippen LogP contribution in [0, 0.1) is 0 Å². The second kappa shape index (κ2) is 7.63. The highest BCUT2D eigenvalue weighted by Gasteiger charge is 2.04. The smallest absolute Gasteiger partial charge is 0.319 e. The normalized spacial score (nSPS) is 10.4. The number of thioether (sulfide) groups is 1. The lowest BCUT2D eigenvalue weighted by atomic mass is 10.1. The molecule has 1 aromatic carbocycles. The molecule has 0 fully saturated rings. The summed E-state index contributed by atoms with van der Waals surface area (Å²) in [6.45, 7) is 2.62. The van der Waals surface area contributed by atoms with Crippen LogP contribution in [0.3, 0.4) is 0 Å². The van der Waals surface area contributed by atoms with E-state index in [1.54, 1.807) is 11.7 Å². The molecule has 2 amide bonds. The summed E-state index contributed by atoms with van der Waals surface area (Å²) in [5.74, 6) is 0.705. The van der Waals surface area contributed by atoms with Crippen molar-refractivity contribution < 1.29 is 4.79 Å². The Morgan fingerprint density at radius 1 is 1.43 bits per heavy atom. The fraction of sp³-hybridized carbons (Fsp3) is 0.385. The molecule has 0 aliphatic carbocycles. The third kappa shape index (κ3) is 4.75. The molecular weight excluding hydrogens is 288 g/mol. The first-order chi connectivity index (χ1) is 10.2. The number of benzene rings is 1. The maximum atomic E-state index is 11.8. The third-order valence-corrected chi connectivity index (χ3v) is 3.81. The molecule has 0 bridgehead atoms. The molecule has 0 saturated carbocycles. The lowest BCUT2D eigenvalue weighted by molar-refractivity contribution is 0.252. The molecule has 2 N–H and O–H groups in total. The predicted molar refractivity (Wildman–Crippen MR) is 82.4 cm³/mol. The quantitative estimate of drug-likeness (QED) is 0.626. The zero-order valence-corrected chi connectivity index (χ0v) is 12.9. The highest BCUT2D eigenvalue weighted by Crippen LogP contribution is 2.12. The Hall–Kier alpha value is -2.09. The van der Waals surface area contributed by atoms with E-state index in [4.69, 9.17) is 0 Å². The number of hydrogen-bond acceptors (Lipinski definition) is 5. The van der Waals surface area contributed by atoms with Crippen LogP contribution >= 0.6 is 11.8 Å². The second-order valence-corrected chi connectivity index (χ2v) is 5.43. The van der Waals surface area contributed by atoms with Crippen molar-refractivity contribution in [2.45, 2.75) is 18.5 Å². The van der Waals surface area contributed by atoms with E-state index in [1.807, 2.05) is 24.3 Å². The maximum absolute atomic E-state index is 11.8. The number of urea groups is 1. The van der Waals surface area contributed by atoms with E-state index in [1.165, 1.54) is 17.3 Å². The minimum atomic E-state index is -0.208. The monoisotopic (exact) mass is 306 g/mol. The van der Waals surface area contributed by atoms with Crippen molar-refractivity contribution in [2.24, 2.45) is 7.05 Å². The fourth-order valence-corrected chi connectivity index (χ4v) is 2.40. The van der Waals surface area contributed by atoms with Gasteiger partial charge in [0.25, 0.3) is 0 Å². The minimum Gasteiger partial charge on any atom is -0.337 e. The number of rotatable bonds is 6. The van der Waals surface area contributed by atoms with Gasteiger partial charge in [0.15, 0.2) is 0 Å². The second-order valence-electron chi connectivity index (χ2n) is 4.37. The van der Waals surface area contributed by atoms with E-state index in [9.17, 15) is 4.79 Å². The van der Waals surface area contributed by atoms with Gasteiger partial charge >= 0.3 is 6.03 Å². The molecule has 0 aliphatic rings. The number of anilines is 1. The summed E-state index contributed by atoms with van der Waals surface area (Å²) < 4.78 is 1.60. The number of aromatic nitrogens is 4. The summed E-state index contributed by atoms with van der Waals surface area (Å²) >= 11 is 1.49. The highest BCUT2D eigenvalue weighted by atomic mass is 32.2. The van der Waals surface area contributed by atoms with Gasteiger partial charge in [-0.15, -0.1) is 5.10 Å². The van der Waals surface area contributed by atoms with Crippen LogP contribution in [0.4, 0.5) is 10.5 Å². The molecule has 0 unspecified atom stereocenters. The number of carbonyl (C=O) groups is 1. The van der Waals surface area contributed by atoms with E-state index < -0.39 is 0 Å². The van der Waals surface area contributed by atoms with Crippen molar-refractivity contribution in [3.63, 3.8) is 0 Å². The number of amides is 2. The van der Waals surface area contributed by atoms with Crippen molar-refractivity contribution in [3.8, 4) is 0 Å². The summed E-state index contributed by atoms with van der Waals surface area (Å²) in [5, 5.41) is 17.5. The molecule has 21 heavy (non-hydrogen) atoms. The average molecular weight is 306 g/mol. The van der Waals surface area contributed by atoms with Crippen LogP contribution < -0.4 is 10.6 Å². The van der Waals surface area contributed by atoms with Gasteiger partial charge < -0.3 is 10.6 Å². The summed E-state index contributed by atoms with van der Waals surface area (Å²) in [7, 11) is 1.78. The molecule has 1 aromatic heterocycles. The van der Waals surface area contributed by atoms with Gasteiger partial charge in [-0.1, -0.05) is 30.8 Å². The van der Waals surface area contributed by atoms with Crippen molar-refractivity contribution >= 4 is 23.5 Å². The molecule has 0 spiro atoms. The Morgan fingerprint density at radius 2 is 2.29 bits per heavy atom. The van der Waals surface area contributed by atoms with Crippen LogP contribution in [-0.4, -0.2) is 38.5 Å². The van der Waals surface area contributed by atoms with E-state index in [0.717, 1.165) is 17.3 Å². The van der Waals surface area contributed by atoms with E-state index in [0.29, 0.717) is 12.3 Å². The topological polar surface area (TPSA) is 84.7 Å². The molecule has 8 heteroatoms. The Balaban J connectivity index is 1.71. The van der Waals surface area contributed by atoms with Crippen LogP contribution in [0.25, 0.3) is 0 Å². The molecule has 112 valence electrons. The summed E-state index contributed by atoms with van der Waals surface area (Å²) in [5.41, 5.74) is 2.00. The van der Waals surface area contributed by atoms with Gasteiger partial charge in [-0.25, -0.2) is 9.48 Å². The van der Waals surface area contributed by atoms with Crippen LogP contribution in [0.5, 0.6) is 0 Å². The van der Waals surface area contributed by atoms with Crippen LogP contribution in [-0.2, 0) is 13.5 Å². The lowest BCUT2D eigenvalue weighted by Crippen LogP contribution is -2.30. The van der Waals surface area contributed by atoms with Gasteiger partial charge in [0.05, 0.1) is 0 Å². The first-order valence-corrected chi connectivity index (χ1v) is 7.66. The Bertz CT molecular complexity index is 600. The summed E-state index contributed by atoms with van der Waals surface area (Å²) in [6, 6.07) is 7.61. The summed E-state index contributed by atoms with van der Waals surface area (Å²) in [4.78, 5) is 11.8. The van der Waals surface area contributed by atoms with Crippen LogP contribution in [0.15, 0.2) is 29.4 Å². The largest absolute Gasteiger partial charge is 0.337 e. The molecule has 2 rings (SSSR count). The molecular formula is C13H18N6OS. The zero-order valence-electron chi connectivity index (χ0n) is 12.0. The standard InChI is InChI=1S/C13H18N6OS/c1-3-10-5-4-6-11(9-10)15-12(20)14-7-8-21-13-16-17-18-19(13)2/h4-6,9H,3,7-8H2,1-2H3,(H2,14,15,20). The number of nitrogens with zero attached hydrogens (tertiary/aromatic N) is 4. The van der Waals surface area contributed by atoms with Crippen molar-refractivity contribution in [3.05, 3.63) is 29.8 Å². The SMILES string of the molecule is CCc1cccc(NC(=O)NCCSc2nnnn2C)c1. The summed E-state index contributed by atoms with van der Waals surface area (Å²) in [6.07, 6.45) is 0.944. The van der Waals surface area contributed by atoms with Crippen LogP contribution in [0.1, 0.15) is 12.5 Å². The Morgan fingerprint density at radius 3 is 3.00 bits per heavy atom. The highest BCUT2D eigenvalue weighted by molar-refractivity contribution is 7.99. The number of nitrogens with one attached hydrogen (secondary N) is 2. The van der Waals surface area contributed by atoms with Crippen molar-refractivity contribution in [1.29, 1.82) is 0 Å². The lowest BCUT2D eigenvalue weighted by Gasteiger charge is -2.08. The van der Waals surface area contributed by atoms with Crippen molar-refractivity contribution in [2.75, 3.05) is 17.6 Å². The fourth-order valence-electron chi connectivity index (χ4n) is 1.69. The molecule has 0 saturated heterocycles. The van der Waals surface area contributed by atoms with Gasteiger partial charge in [-0.3, -0.25) is 0 Å². The zero-order chi connectivity index (χ0) is 15.1. The van der Waals surface area contributed by atoms with E-state index in [2.05, 4.69) is 33.1 Å². The predicted octanol–water partition coefficient (Wildman–Crippen LogP) is 1.69. The van der Waals surface area contributed by atoms with Gasteiger partial charge in [-0.2, -0.15) is 0 Å². The van der Waals surface area contributed by atoms with E-state index >= 15 is 0 Å². The molecule has 2 aromatic rings. The first-order valence-electron chi connectivity index (χ1n) is 6.68. The van der Waals surface area contributed by atoms with E-state index in [-0.39, 0.29) is 6.03 Å². The maximum Gasteiger partial charge on any atom is 0.319 e. The van der Waals surface area contributed by atoms with Gasteiger partial charge in [-0.05, 0) is 34.5 Å². The molecule has 0 radical (unpaired) electrons. The van der Waals surface area contributed by atoms with Crippen molar-refractivity contribution in [1.82, 2.24) is 25.5 Å². The molecule has 0 aliphatic heterocycles. The molecule has 1 heterocycles. The molecule has 7 nitrogen and oxygen atoms in total. The van der Waals surface area contributed by atoms with Gasteiger partial charge in [0, 0.05) is 25.0 Å². The number of aryl methyl sites for hydroxylation is 2. The van der Waals surface area contributed by atoms with Gasteiger partial charge in [0.2, 0.25) is 5.16 Å². The first kappa shape index (κ1) is 15.3. The van der Waals surface area contributed by atoms with Crippen LogP contribution in [0.2, 0.25) is 0 Å². The number of hydrogen-bond donors (Lipinski definition) is 2. The Kier molecular flexibility index (Phi) is 5.56. The third-order valence-electron chi connectivity index (χ3n) is 2.79. The average Bonchev–Trinajstić information content (AvgIpc) is 2.89. The Labute approximate surface area is 127 Å². The minimum absolute atomic E-state index is 0.208. The van der Waals surface area contributed by atoms with Gasteiger partial charge in [0.1, 0.15) is 0 Å². The number of carbonyl (C=O) groups excluding carboxylic acids is 1. The number of tetrazole rings is 1. The molecule has 0 atom stereocenters.